The SMILES string of the molecule is COCCCNC(=O)C(C)OCC1CCNCC1. The van der Waals surface area contributed by atoms with Crippen LogP contribution < -0.4 is 10.6 Å². The zero-order chi connectivity index (χ0) is 13.2. The Morgan fingerprint density at radius 1 is 1.44 bits per heavy atom. The molecule has 0 bridgehead atoms. The van der Waals surface area contributed by atoms with E-state index in [2.05, 4.69) is 10.6 Å². The molecule has 1 atom stereocenters. The molecular weight excluding hydrogens is 232 g/mol. The van der Waals surface area contributed by atoms with E-state index in [0.717, 1.165) is 32.4 Å². The van der Waals surface area contributed by atoms with Crippen LogP contribution in [0.5, 0.6) is 0 Å². The molecule has 18 heavy (non-hydrogen) atoms. The van der Waals surface area contributed by atoms with Crippen LogP contribution in [0.3, 0.4) is 0 Å². The quantitative estimate of drug-likeness (QED) is 0.624. The zero-order valence-electron chi connectivity index (χ0n) is 11.5. The molecule has 1 aliphatic rings. The molecule has 1 fully saturated rings. The number of piperidine rings is 1. The minimum atomic E-state index is -0.359. The van der Waals surface area contributed by atoms with Crippen molar-refractivity contribution in [3.8, 4) is 0 Å². The minimum absolute atomic E-state index is 0.0277. The third-order valence-corrected chi connectivity index (χ3v) is 3.23. The van der Waals surface area contributed by atoms with Crippen LogP contribution in [0.15, 0.2) is 0 Å². The Morgan fingerprint density at radius 2 is 2.17 bits per heavy atom. The van der Waals surface area contributed by atoms with Crippen molar-refractivity contribution in [1.82, 2.24) is 10.6 Å². The fourth-order valence-electron chi connectivity index (χ4n) is 1.98. The average molecular weight is 258 g/mol. The molecule has 1 saturated heterocycles. The molecule has 0 saturated carbocycles. The number of rotatable bonds is 8. The summed E-state index contributed by atoms with van der Waals surface area (Å²) in [5, 5.41) is 6.17. The van der Waals surface area contributed by atoms with Gasteiger partial charge in [-0.3, -0.25) is 4.79 Å². The Labute approximate surface area is 110 Å². The van der Waals surface area contributed by atoms with E-state index >= 15 is 0 Å². The fraction of sp³-hybridized carbons (Fsp3) is 0.923. The summed E-state index contributed by atoms with van der Waals surface area (Å²) in [5.74, 6) is 0.565. The predicted molar refractivity (Wildman–Crippen MR) is 70.5 cm³/mol. The van der Waals surface area contributed by atoms with Crippen molar-refractivity contribution in [2.75, 3.05) is 40.0 Å². The van der Waals surface area contributed by atoms with Crippen LogP contribution in [0.25, 0.3) is 0 Å². The summed E-state index contributed by atoms with van der Waals surface area (Å²) in [5.41, 5.74) is 0. The summed E-state index contributed by atoms with van der Waals surface area (Å²) in [6, 6.07) is 0. The Kier molecular flexibility index (Phi) is 7.96. The van der Waals surface area contributed by atoms with Crippen LogP contribution in [0.4, 0.5) is 0 Å². The molecule has 1 unspecified atom stereocenters. The fourth-order valence-corrected chi connectivity index (χ4v) is 1.98. The van der Waals surface area contributed by atoms with E-state index in [-0.39, 0.29) is 12.0 Å². The summed E-state index contributed by atoms with van der Waals surface area (Å²) in [6.07, 6.45) is 2.76. The standard InChI is InChI=1S/C13H26N2O3/c1-11(13(16)15-6-3-9-17-2)18-10-12-4-7-14-8-5-12/h11-12,14H,3-10H2,1-2H3,(H,15,16). The molecule has 0 aromatic heterocycles. The molecule has 0 radical (unpaired) electrons. The van der Waals surface area contributed by atoms with Crippen molar-refractivity contribution in [2.45, 2.75) is 32.3 Å². The van der Waals surface area contributed by atoms with Crippen molar-refractivity contribution in [2.24, 2.45) is 5.92 Å². The van der Waals surface area contributed by atoms with Crippen molar-refractivity contribution in [3.05, 3.63) is 0 Å². The van der Waals surface area contributed by atoms with E-state index in [0.29, 0.717) is 25.7 Å². The third-order valence-electron chi connectivity index (χ3n) is 3.23. The third kappa shape index (κ3) is 6.33. The van der Waals surface area contributed by atoms with Gasteiger partial charge in [0.2, 0.25) is 5.91 Å². The van der Waals surface area contributed by atoms with E-state index in [1.807, 2.05) is 6.92 Å². The maximum absolute atomic E-state index is 11.7. The lowest BCUT2D eigenvalue weighted by molar-refractivity contribution is -0.132. The Hall–Kier alpha value is -0.650. The van der Waals surface area contributed by atoms with Gasteiger partial charge in [0, 0.05) is 20.3 Å². The zero-order valence-corrected chi connectivity index (χ0v) is 11.5. The Bertz CT molecular complexity index is 230. The van der Waals surface area contributed by atoms with Gasteiger partial charge in [0.25, 0.3) is 0 Å². The molecule has 5 nitrogen and oxygen atoms in total. The van der Waals surface area contributed by atoms with Crippen LogP contribution in [-0.2, 0) is 14.3 Å². The highest BCUT2D eigenvalue weighted by atomic mass is 16.5. The van der Waals surface area contributed by atoms with Gasteiger partial charge in [-0.1, -0.05) is 0 Å². The molecule has 1 aliphatic heterocycles. The number of ether oxygens (including phenoxy) is 2. The molecular formula is C13H26N2O3. The first kappa shape index (κ1) is 15.4. The normalized spacial score (nSPS) is 18.6. The van der Waals surface area contributed by atoms with Crippen LogP contribution in [0.1, 0.15) is 26.2 Å². The monoisotopic (exact) mass is 258 g/mol. The molecule has 1 amide bonds. The highest BCUT2D eigenvalue weighted by Crippen LogP contribution is 2.12. The molecule has 0 aromatic carbocycles. The average Bonchev–Trinajstić information content (AvgIpc) is 2.42. The highest BCUT2D eigenvalue weighted by Gasteiger charge is 2.17. The first-order valence-corrected chi connectivity index (χ1v) is 6.83. The molecule has 0 aliphatic carbocycles. The smallest absolute Gasteiger partial charge is 0.248 e. The van der Waals surface area contributed by atoms with E-state index in [1.165, 1.54) is 0 Å². The Morgan fingerprint density at radius 3 is 2.83 bits per heavy atom. The number of nitrogens with one attached hydrogen (secondary N) is 2. The van der Waals surface area contributed by atoms with Crippen LogP contribution in [0, 0.1) is 5.92 Å². The molecule has 0 spiro atoms. The number of methoxy groups -OCH3 is 1. The number of amides is 1. The molecule has 1 heterocycles. The summed E-state index contributed by atoms with van der Waals surface area (Å²) < 4.78 is 10.6. The van der Waals surface area contributed by atoms with E-state index < -0.39 is 0 Å². The lowest BCUT2D eigenvalue weighted by Crippen LogP contribution is -2.37. The van der Waals surface area contributed by atoms with Crippen LogP contribution in [0.2, 0.25) is 0 Å². The number of carbonyl (C=O) groups excluding carboxylic acids is 1. The van der Waals surface area contributed by atoms with Crippen molar-refractivity contribution < 1.29 is 14.3 Å². The summed E-state index contributed by atoms with van der Waals surface area (Å²) in [7, 11) is 1.66. The van der Waals surface area contributed by atoms with Crippen molar-refractivity contribution >= 4 is 5.91 Å². The topological polar surface area (TPSA) is 59.6 Å². The molecule has 5 heteroatoms. The van der Waals surface area contributed by atoms with Gasteiger partial charge in [0.15, 0.2) is 0 Å². The minimum Gasteiger partial charge on any atom is -0.385 e. The second kappa shape index (κ2) is 9.30. The van der Waals surface area contributed by atoms with E-state index in [4.69, 9.17) is 9.47 Å². The second-order valence-electron chi connectivity index (χ2n) is 4.81. The molecule has 0 aromatic rings. The molecule has 1 rings (SSSR count). The number of hydrogen-bond acceptors (Lipinski definition) is 4. The van der Waals surface area contributed by atoms with Gasteiger partial charge in [-0.25, -0.2) is 0 Å². The van der Waals surface area contributed by atoms with Gasteiger partial charge in [0.05, 0.1) is 6.61 Å². The lowest BCUT2D eigenvalue weighted by Gasteiger charge is -2.23. The summed E-state index contributed by atoms with van der Waals surface area (Å²) in [4.78, 5) is 11.7. The molecule has 2 N–H and O–H groups in total. The predicted octanol–water partition coefficient (Wildman–Crippen LogP) is 0.544. The van der Waals surface area contributed by atoms with Gasteiger partial charge in [-0.05, 0) is 45.2 Å². The van der Waals surface area contributed by atoms with Crippen LogP contribution in [-0.4, -0.2) is 52.0 Å². The van der Waals surface area contributed by atoms with Gasteiger partial charge in [0.1, 0.15) is 6.10 Å². The van der Waals surface area contributed by atoms with Gasteiger partial charge in [-0.2, -0.15) is 0 Å². The number of hydrogen-bond donors (Lipinski definition) is 2. The second-order valence-corrected chi connectivity index (χ2v) is 4.81. The Balaban J connectivity index is 2.07. The van der Waals surface area contributed by atoms with Crippen LogP contribution >= 0.6 is 0 Å². The van der Waals surface area contributed by atoms with Gasteiger partial charge >= 0.3 is 0 Å². The molecule has 106 valence electrons. The maximum Gasteiger partial charge on any atom is 0.248 e. The summed E-state index contributed by atoms with van der Waals surface area (Å²) in [6.45, 7) is 5.94. The summed E-state index contributed by atoms with van der Waals surface area (Å²) >= 11 is 0. The van der Waals surface area contributed by atoms with Crippen molar-refractivity contribution in [3.63, 3.8) is 0 Å². The first-order chi connectivity index (χ1) is 8.74. The maximum atomic E-state index is 11.7. The highest BCUT2D eigenvalue weighted by molar-refractivity contribution is 5.80. The van der Waals surface area contributed by atoms with E-state index in [9.17, 15) is 4.79 Å². The van der Waals surface area contributed by atoms with Crippen molar-refractivity contribution in [1.29, 1.82) is 0 Å². The lowest BCUT2D eigenvalue weighted by atomic mass is 9.99. The number of carbonyl (C=O) groups is 1. The van der Waals surface area contributed by atoms with Gasteiger partial charge < -0.3 is 20.1 Å². The first-order valence-electron chi connectivity index (χ1n) is 6.83. The van der Waals surface area contributed by atoms with E-state index in [1.54, 1.807) is 7.11 Å². The largest absolute Gasteiger partial charge is 0.385 e. The van der Waals surface area contributed by atoms with Gasteiger partial charge in [-0.15, -0.1) is 0 Å².